The van der Waals surface area contributed by atoms with Gasteiger partial charge >= 0.3 is 5.97 Å². The highest BCUT2D eigenvalue weighted by Gasteiger charge is 2.20. The van der Waals surface area contributed by atoms with Gasteiger partial charge in [0.15, 0.2) is 0 Å². The number of hydrogen-bond acceptors (Lipinski definition) is 3. The maximum absolute atomic E-state index is 11.9. The summed E-state index contributed by atoms with van der Waals surface area (Å²) in [6.07, 6.45) is 3.77. The van der Waals surface area contributed by atoms with Crippen LogP contribution in [0.1, 0.15) is 52.9 Å². The number of nitrogens with two attached hydrogens (primary N) is 1. The van der Waals surface area contributed by atoms with Crippen LogP contribution in [0.15, 0.2) is 0 Å². The van der Waals surface area contributed by atoms with E-state index in [1.165, 1.54) is 0 Å². The van der Waals surface area contributed by atoms with Gasteiger partial charge < -0.3 is 16.2 Å². The minimum absolute atomic E-state index is 0.0102. The van der Waals surface area contributed by atoms with Crippen molar-refractivity contribution in [2.75, 3.05) is 13.1 Å². The summed E-state index contributed by atoms with van der Waals surface area (Å²) in [4.78, 5) is 22.5. The highest BCUT2D eigenvalue weighted by atomic mass is 16.4. The van der Waals surface area contributed by atoms with E-state index < -0.39 is 5.97 Å². The number of hydrogen-bond donors (Lipinski definition) is 3. The van der Waals surface area contributed by atoms with Crippen molar-refractivity contribution >= 4 is 11.9 Å². The van der Waals surface area contributed by atoms with Gasteiger partial charge in [-0.15, -0.1) is 0 Å². The van der Waals surface area contributed by atoms with Crippen molar-refractivity contribution in [3.05, 3.63) is 0 Å². The summed E-state index contributed by atoms with van der Waals surface area (Å²) in [6, 6.07) is 0. The fourth-order valence-corrected chi connectivity index (χ4v) is 2.38. The van der Waals surface area contributed by atoms with Crippen LogP contribution in [0.3, 0.4) is 0 Å². The number of carbonyl (C=O) groups excluding carboxylic acids is 1. The van der Waals surface area contributed by atoms with Gasteiger partial charge in [0, 0.05) is 19.5 Å². The van der Waals surface area contributed by atoms with Crippen molar-refractivity contribution in [3.63, 3.8) is 0 Å². The number of carboxylic acids is 1. The van der Waals surface area contributed by atoms with Crippen LogP contribution in [0.25, 0.3) is 0 Å². The van der Waals surface area contributed by atoms with E-state index in [-0.39, 0.29) is 24.2 Å². The molecule has 5 heteroatoms. The molecule has 2 atom stereocenters. The van der Waals surface area contributed by atoms with E-state index in [1.807, 2.05) is 13.8 Å². The first-order valence-electron chi connectivity index (χ1n) is 7.61. The molecule has 0 aromatic carbocycles. The Labute approximate surface area is 122 Å². The van der Waals surface area contributed by atoms with Crippen molar-refractivity contribution in [1.82, 2.24) is 5.32 Å². The summed E-state index contributed by atoms with van der Waals surface area (Å²) in [5, 5.41) is 11.7. The summed E-state index contributed by atoms with van der Waals surface area (Å²) < 4.78 is 0. The highest BCUT2D eigenvalue weighted by molar-refractivity contribution is 5.79. The van der Waals surface area contributed by atoms with Crippen LogP contribution in [-0.4, -0.2) is 30.1 Å². The van der Waals surface area contributed by atoms with E-state index in [9.17, 15) is 9.59 Å². The first-order chi connectivity index (χ1) is 9.42. The average molecular weight is 286 g/mol. The fraction of sp³-hybridized carbons (Fsp3) is 0.867. The maximum atomic E-state index is 11.9. The SMILES string of the molecule is CCCC(CCNC(=O)C(CN)C(C)C)CCC(=O)O. The molecule has 0 aliphatic rings. The van der Waals surface area contributed by atoms with Crippen LogP contribution < -0.4 is 11.1 Å². The van der Waals surface area contributed by atoms with Crippen LogP contribution in [0.5, 0.6) is 0 Å². The normalized spacial score (nSPS) is 14.1. The molecule has 0 aromatic rings. The van der Waals surface area contributed by atoms with Gasteiger partial charge in [0.25, 0.3) is 0 Å². The summed E-state index contributed by atoms with van der Waals surface area (Å²) in [6.45, 7) is 7.04. The summed E-state index contributed by atoms with van der Waals surface area (Å²) in [7, 11) is 0. The molecule has 0 aliphatic carbocycles. The average Bonchev–Trinajstić information content (AvgIpc) is 2.36. The summed E-state index contributed by atoms with van der Waals surface area (Å²) in [5.41, 5.74) is 5.61. The maximum Gasteiger partial charge on any atom is 0.303 e. The first-order valence-corrected chi connectivity index (χ1v) is 7.61. The molecule has 0 rings (SSSR count). The standard InChI is InChI=1S/C15H30N2O3/c1-4-5-12(6-7-14(18)19)8-9-17-15(20)13(10-16)11(2)3/h11-13H,4-10,16H2,1-3H3,(H,17,20)(H,18,19). The Morgan fingerprint density at radius 3 is 2.30 bits per heavy atom. The fourth-order valence-electron chi connectivity index (χ4n) is 2.38. The Bertz CT molecular complexity index is 293. The smallest absolute Gasteiger partial charge is 0.303 e. The number of carboxylic acid groups (broad SMARTS) is 1. The molecule has 0 aliphatic heterocycles. The topological polar surface area (TPSA) is 92.4 Å². The molecule has 0 saturated heterocycles. The van der Waals surface area contributed by atoms with Crippen LogP contribution >= 0.6 is 0 Å². The number of amides is 1. The van der Waals surface area contributed by atoms with Gasteiger partial charge in [-0.25, -0.2) is 0 Å². The Balaban J connectivity index is 4.09. The second kappa shape index (κ2) is 10.7. The van der Waals surface area contributed by atoms with Crippen LogP contribution in [0, 0.1) is 17.8 Å². The van der Waals surface area contributed by atoms with Gasteiger partial charge in [0.1, 0.15) is 0 Å². The molecule has 5 nitrogen and oxygen atoms in total. The summed E-state index contributed by atoms with van der Waals surface area (Å²) in [5.74, 6) is -0.280. The lowest BCUT2D eigenvalue weighted by Gasteiger charge is -2.20. The van der Waals surface area contributed by atoms with Crippen molar-refractivity contribution in [3.8, 4) is 0 Å². The van der Waals surface area contributed by atoms with Gasteiger partial charge in [-0.3, -0.25) is 9.59 Å². The third kappa shape index (κ3) is 8.15. The number of nitrogens with one attached hydrogen (secondary N) is 1. The number of rotatable bonds is 11. The van der Waals surface area contributed by atoms with Crippen molar-refractivity contribution in [1.29, 1.82) is 0 Å². The number of aliphatic carboxylic acids is 1. The minimum atomic E-state index is -0.752. The van der Waals surface area contributed by atoms with Gasteiger partial charge in [-0.2, -0.15) is 0 Å². The Morgan fingerprint density at radius 2 is 1.85 bits per heavy atom. The lowest BCUT2D eigenvalue weighted by molar-refractivity contribution is -0.137. The van der Waals surface area contributed by atoms with Crippen molar-refractivity contribution in [2.45, 2.75) is 52.9 Å². The predicted octanol–water partition coefficient (Wildman–Crippen LogP) is 2.00. The lowest BCUT2D eigenvalue weighted by Crippen LogP contribution is -2.38. The zero-order valence-electron chi connectivity index (χ0n) is 13.0. The molecular formula is C15H30N2O3. The highest BCUT2D eigenvalue weighted by Crippen LogP contribution is 2.17. The van der Waals surface area contributed by atoms with Gasteiger partial charge in [0.2, 0.25) is 5.91 Å². The molecule has 0 spiro atoms. The van der Waals surface area contributed by atoms with Crippen molar-refractivity contribution in [2.24, 2.45) is 23.5 Å². The molecule has 2 unspecified atom stereocenters. The Morgan fingerprint density at radius 1 is 1.20 bits per heavy atom. The molecule has 1 amide bonds. The van der Waals surface area contributed by atoms with E-state index in [0.29, 0.717) is 25.4 Å². The van der Waals surface area contributed by atoms with Crippen LogP contribution in [0.2, 0.25) is 0 Å². The molecule has 118 valence electrons. The van der Waals surface area contributed by atoms with Gasteiger partial charge in [-0.1, -0.05) is 33.6 Å². The molecule has 0 heterocycles. The second-order valence-corrected chi connectivity index (χ2v) is 5.75. The van der Waals surface area contributed by atoms with Gasteiger partial charge in [-0.05, 0) is 24.7 Å². The van der Waals surface area contributed by atoms with E-state index >= 15 is 0 Å². The zero-order valence-corrected chi connectivity index (χ0v) is 13.0. The van der Waals surface area contributed by atoms with Crippen LogP contribution in [0.4, 0.5) is 0 Å². The molecule has 20 heavy (non-hydrogen) atoms. The molecule has 4 N–H and O–H groups in total. The lowest BCUT2D eigenvalue weighted by atomic mass is 9.93. The molecule has 0 bridgehead atoms. The molecular weight excluding hydrogens is 256 g/mol. The third-order valence-electron chi connectivity index (χ3n) is 3.71. The monoisotopic (exact) mass is 286 g/mol. The second-order valence-electron chi connectivity index (χ2n) is 5.75. The molecule has 0 saturated carbocycles. The van der Waals surface area contributed by atoms with E-state index in [2.05, 4.69) is 12.2 Å². The molecule has 0 fully saturated rings. The zero-order chi connectivity index (χ0) is 15.5. The molecule has 0 aromatic heterocycles. The number of carbonyl (C=O) groups is 2. The predicted molar refractivity (Wildman–Crippen MR) is 80.3 cm³/mol. The van der Waals surface area contributed by atoms with E-state index in [4.69, 9.17) is 10.8 Å². The minimum Gasteiger partial charge on any atom is -0.481 e. The largest absolute Gasteiger partial charge is 0.481 e. The molecule has 0 radical (unpaired) electrons. The van der Waals surface area contributed by atoms with E-state index in [1.54, 1.807) is 0 Å². The van der Waals surface area contributed by atoms with Crippen LogP contribution in [-0.2, 0) is 9.59 Å². The quantitative estimate of drug-likeness (QED) is 0.541. The Hall–Kier alpha value is -1.10. The van der Waals surface area contributed by atoms with Gasteiger partial charge in [0.05, 0.1) is 5.92 Å². The van der Waals surface area contributed by atoms with Crippen molar-refractivity contribution < 1.29 is 14.7 Å². The Kier molecular flexibility index (Phi) is 10.1. The van der Waals surface area contributed by atoms with E-state index in [0.717, 1.165) is 19.3 Å². The first kappa shape index (κ1) is 18.9. The summed E-state index contributed by atoms with van der Waals surface area (Å²) >= 11 is 0. The third-order valence-corrected chi connectivity index (χ3v) is 3.71.